The number of nitrogens with zero attached hydrogens (tertiary/aromatic N) is 1. The first-order chi connectivity index (χ1) is 6.77. The third kappa shape index (κ3) is 2.90. The van der Waals surface area contributed by atoms with Crippen molar-refractivity contribution >= 4 is 12.5 Å². The van der Waals surface area contributed by atoms with Crippen molar-refractivity contribution < 1.29 is 14.3 Å². The Bertz CT molecular complexity index is 202. The number of likely N-dealkylation sites (tertiary alicyclic amines) is 1. The van der Waals surface area contributed by atoms with E-state index in [4.69, 9.17) is 4.74 Å². The standard InChI is InChI=1S/C9H16N2O3/c1-2-3-4-14-9(13)11-5-8(6-11)10-7-12/h7-8H,2-6H2,1H3,(H,10,12). The van der Waals surface area contributed by atoms with E-state index >= 15 is 0 Å². The SMILES string of the molecule is CCCCOC(=O)N1CC(NC=O)C1. The summed E-state index contributed by atoms with van der Waals surface area (Å²) in [6.45, 7) is 3.65. The molecule has 0 aromatic rings. The highest BCUT2D eigenvalue weighted by Crippen LogP contribution is 2.09. The van der Waals surface area contributed by atoms with E-state index in [9.17, 15) is 9.59 Å². The van der Waals surface area contributed by atoms with Crippen LogP contribution in [0.15, 0.2) is 0 Å². The largest absolute Gasteiger partial charge is 0.449 e. The van der Waals surface area contributed by atoms with E-state index in [0.717, 1.165) is 12.8 Å². The summed E-state index contributed by atoms with van der Waals surface area (Å²) in [6.07, 6.45) is 2.30. The zero-order valence-corrected chi connectivity index (χ0v) is 8.36. The molecule has 5 heteroatoms. The number of rotatable bonds is 5. The van der Waals surface area contributed by atoms with Crippen molar-refractivity contribution in [1.82, 2.24) is 10.2 Å². The van der Waals surface area contributed by atoms with Gasteiger partial charge in [0.15, 0.2) is 0 Å². The summed E-state index contributed by atoms with van der Waals surface area (Å²) in [4.78, 5) is 22.9. The zero-order valence-electron chi connectivity index (χ0n) is 8.36. The molecule has 1 aliphatic heterocycles. The Kier molecular flexibility index (Phi) is 4.22. The van der Waals surface area contributed by atoms with Gasteiger partial charge in [0.25, 0.3) is 0 Å². The molecule has 0 bridgehead atoms. The summed E-state index contributed by atoms with van der Waals surface area (Å²) in [6, 6.07) is 0.103. The molecular weight excluding hydrogens is 184 g/mol. The van der Waals surface area contributed by atoms with Gasteiger partial charge in [-0.25, -0.2) is 4.79 Å². The van der Waals surface area contributed by atoms with Crippen LogP contribution in [0.2, 0.25) is 0 Å². The van der Waals surface area contributed by atoms with E-state index < -0.39 is 0 Å². The first-order valence-corrected chi connectivity index (χ1v) is 4.89. The van der Waals surface area contributed by atoms with Crippen molar-refractivity contribution in [3.8, 4) is 0 Å². The lowest BCUT2D eigenvalue weighted by molar-refractivity contribution is -0.111. The quantitative estimate of drug-likeness (QED) is 0.514. The molecule has 0 spiro atoms. The molecule has 0 aromatic heterocycles. The summed E-state index contributed by atoms with van der Waals surface area (Å²) in [5.74, 6) is 0. The van der Waals surface area contributed by atoms with Gasteiger partial charge in [-0.2, -0.15) is 0 Å². The van der Waals surface area contributed by atoms with Gasteiger partial charge in [0.05, 0.1) is 12.6 Å². The van der Waals surface area contributed by atoms with Crippen molar-refractivity contribution in [3.05, 3.63) is 0 Å². The molecule has 1 saturated heterocycles. The molecule has 0 radical (unpaired) electrons. The van der Waals surface area contributed by atoms with E-state index in [0.29, 0.717) is 26.1 Å². The van der Waals surface area contributed by atoms with Crippen LogP contribution in [0.1, 0.15) is 19.8 Å². The molecule has 0 saturated carbocycles. The van der Waals surface area contributed by atoms with Crippen LogP contribution in [-0.4, -0.2) is 43.1 Å². The number of hydrogen-bond acceptors (Lipinski definition) is 3. The van der Waals surface area contributed by atoms with Crippen LogP contribution < -0.4 is 5.32 Å². The van der Waals surface area contributed by atoms with Crippen molar-refractivity contribution in [2.75, 3.05) is 19.7 Å². The first kappa shape index (κ1) is 10.8. The lowest BCUT2D eigenvalue weighted by atomic mass is 10.1. The number of carbonyl (C=O) groups is 2. The monoisotopic (exact) mass is 200 g/mol. The minimum absolute atomic E-state index is 0.103. The summed E-state index contributed by atoms with van der Waals surface area (Å²) < 4.78 is 4.98. The van der Waals surface area contributed by atoms with Crippen molar-refractivity contribution in [1.29, 1.82) is 0 Å². The van der Waals surface area contributed by atoms with Crippen LogP contribution in [-0.2, 0) is 9.53 Å². The number of hydrogen-bond donors (Lipinski definition) is 1. The average Bonchev–Trinajstić information content (AvgIpc) is 2.10. The molecule has 0 unspecified atom stereocenters. The van der Waals surface area contributed by atoms with Gasteiger partial charge in [-0.15, -0.1) is 0 Å². The number of nitrogens with one attached hydrogen (secondary N) is 1. The molecule has 0 aromatic carbocycles. The minimum atomic E-state index is -0.276. The predicted molar refractivity (Wildman–Crippen MR) is 50.8 cm³/mol. The number of ether oxygens (including phenoxy) is 1. The molecule has 0 atom stereocenters. The smallest absolute Gasteiger partial charge is 0.409 e. The second-order valence-electron chi connectivity index (χ2n) is 3.35. The fraction of sp³-hybridized carbons (Fsp3) is 0.778. The molecule has 1 N–H and O–H groups in total. The molecule has 0 aliphatic carbocycles. The zero-order chi connectivity index (χ0) is 10.4. The Morgan fingerprint density at radius 2 is 2.36 bits per heavy atom. The average molecular weight is 200 g/mol. The van der Waals surface area contributed by atoms with Gasteiger partial charge in [-0.3, -0.25) is 4.79 Å². The highest BCUT2D eigenvalue weighted by Gasteiger charge is 2.30. The first-order valence-electron chi connectivity index (χ1n) is 4.89. The fourth-order valence-electron chi connectivity index (χ4n) is 1.22. The van der Waals surface area contributed by atoms with Crippen LogP contribution in [0, 0.1) is 0 Å². The van der Waals surface area contributed by atoms with Gasteiger partial charge in [-0.05, 0) is 6.42 Å². The van der Waals surface area contributed by atoms with E-state index in [2.05, 4.69) is 5.32 Å². The molecule has 2 amide bonds. The summed E-state index contributed by atoms with van der Waals surface area (Å²) in [5.41, 5.74) is 0. The lowest BCUT2D eigenvalue weighted by Crippen LogP contribution is -2.59. The number of amides is 2. The molecule has 1 heterocycles. The maximum Gasteiger partial charge on any atom is 0.409 e. The predicted octanol–water partition coefficient (Wildman–Crippen LogP) is 0.353. The Morgan fingerprint density at radius 3 is 2.93 bits per heavy atom. The molecule has 1 rings (SSSR count). The van der Waals surface area contributed by atoms with Crippen LogP contribution in [0.25, 0.3) is 0 Å². The molecular formula is C9H16N2O3. The topological polar surface area (TPSA) is 58.6 Å². The van der Waals surface area contributed by atoms with Gasteiger partial charge in [0.2, 0.25) is 6.41 Å². The molecule has 1 aliphatic rings. The second-order valence-corrected chi connectivity index (χ2v) is 3.35. The van der Waals surface area contributed by atoms with Gasteiger partial charge in [-0.1, -0.05) is 13.3 Å². The van der Waals surface area contributed by atoms with E-state index in [1.165, 1.54) is 0 Å². The van der Waals surface area contributed by atoms with Crippen molar-refractivity contribution in [2.24, 2.45) is 0 Å². The fourth-order valence-corrected chi connectivity index (χ4v) is 1.22. The Labute approximate surface area is 83.4 Å². The van der Waals surface area contributed by atoms with Crippen LogP contribution in [0.3, 0.4) is 0 Å². The molecule has 1 fully saturated rings. The third-order valence-corrected chi connectivity index (χ3v) is 2.17. The molecule has 5 nitrogen and oxygen atoms in total. The minimum Gasteiger partial charge on any atom is -0.449 e. The maximum atomic E-state index is 11.2. The Morgan fingerprint density at radius 1 is 1.64 bits per heavy atom. The molecule has 80 valence electrons. The van der Waals surface area contributed by atoms with Gasteiger partial charge < -0.3 is 15.0 Å². The Balaban J connectivity index is 2.07. The summed E-state index contributed by atoms with van der Waals surface area (Å²) in [5, 5.41) is 2.60. The number of unbranched alkanes of at least 4 members (excludes halogenated alkanes) is 1. The Hall–Kier alpha value is -1.26. The van der Waals surface area contributed by atoms with E-state index in [1.807, 2.05) is 6.92 Å². The van der Waals surface area contributed by atoms with Gasteiger partial charge in [0.1, 0.15) is 0 Å². The molecule has 14 heavy (non-hydrogen) atoms. The number of carbonyl (C=O) groups excluding carboxylic acids is 2. The van der Waals surface area contributed by atoms with Crippen LogP contribution in [0.5, 0.6) is 0 Å². The van der Waals surface area contributed by atoms with Crippen LogP contribution in [0.4, 0.5) is 4.79 Å². The second kappa shape index (κ2) is 5.47. The summed E-state index contributed by atoms with van der Waals surface area (Å²) in [7, 11) is 0. The van der Waals surface area contributed by atoms with Gasteiger partial charge in [0, 0.05) is 13.1 Å². The highest BCUT2D eigenvalue weighted by molar-refractivity contribution is 5.69. The third-order valence-electron chi connectivity index (χ3n) is 2.17. The summed E-state index contributed by atoms with van der Waals surface area (Å²) >= 11 is 0. The van der Waals surface area contributed by atoms with Crippen molar-refractivity contribution in [3.63, 3.8) is 0 Å². The van der Waals surface area contributed by atoms with Gasteiger partial charge >= 0.3 is 6.09 Å². The highest BCUT2D eigenvalue weighted by atomic mass is 16.6. The normalized spacial score (nSPS) is 15.9. The van der Waals surface area contributed by atoms with Crippen LogP contribution >= 0.6 is 0 Å². The van der Waals surface area contributed by atoms with E-state index in [-0.39, 0.29) is 12.1 Å². The lowest BCUT2D eigenvalue weighted by Gasteiger charge is -2.37. The van der Waals surface area contributed by atoms with Crippen molar-refractivity contribution in [2.45, 2.75) is 25.8 Å². The van der Waals surface area contributed by atoms with E-state index in [1.54, 1.807) is 4.90 Å². The maximum absolute atomic E-state index is 11.2.